The summed E-state index contributed by atoms with van der Waals surface area (Å²) in [5.41, 5.74) is -9.84. The van der Waals surface area contributed by atoms with E-state index in [1.807, 2.05) is 0 Å². The van der Waals surface area contributed by atoms with E-state index in [4.69, 9.17) is 4.74 Å². The van der Waals surface area contributed by atoms with Gasteiger partial charge in [-0.3, -0.25) is 14.4 Å². The molecule has 0 saturated heterocycles. The van der Waals surface area contributed by atoms with Gasteiger partial charge in [-0.1, -0.05) is 18.2 Å². The van der Waals surface area contributed by atoms with E-state index < -0.39 is 68.3 Å². The maximum absolute atomic E-state index is 14.5. The van der Waals surface area contributed by atoms with Crippen molar-refractivity contribution in [2.24, 2.45) is 0 Å². The Morgan fingerprint density at radius 3 is 2.05 bits per heavy atom. The number of ether oxygens (including phenoxy) is 1. The van der Waals surface area contributed by atoms with E-state index in [9.17, 15) is 53.5 Å². The van der Waals surface area contributed by atoms with Crippen molar-refractivity contribution in [1.82, 2.24) is 5.32 Å². The van der Waals surface area contributed by atoms with Crippen molar-refractivity contribution in [2.45, 2.75) is 57.7 Å². The van der Waals surface area contributed by atoms with Gasteiger partial charge in [0.05, 0.1) is 35.7 Å². The van der Waals surface area contributed by atoms with Crippen LogP contribution in [0.5, 0.6) is 0 Å². The Morgan fingerprint density at radius 1 is 0.932 bits per heavy atom. The van der Waals surface area contributed by atoms with Crippen LogP contribution in [-0.4, -0.2) is 62.2 Å². The molecule has 0 fully saturated rings. The van der Waals surface area contributed by atoms with Crippen LogP contribution in [0.3, 0.4) is 0 Å². The largest absolute Gasteiger partial charge is 0.466 e. The average Bonchev–Trinajstić information content (AvgIpc) is 2.85. The van der Waals surface area contributed by atoms with Crippen LogP contribution >= 0.6 is 22.6 Å². The number of hydrogen-bond acceptors (Lipinski definition) is 6. The van der Waals surface area contributed by atoms with Crippen molar-refractivity contribution in [3.63, 3.8) is 0 Å². The summed E-state index contributed by atoms with van der Waals surface area (Å²) in [6.45, 7) is 5.50. The molecule has 0 radical (unpaired) electrons. The highest BCUT2D eigenvalue weighted by molar-refractivity contribution is 14.1. The minimum absolute atomic E-state index is 0.0748. The normalized spacial score (nSPS) is 12.9. The second-order valence-corrected chi connectivity index (χ2v) is 13.6. The molecule has 0 atom stereocenters. The summed E-state index contributed by atoms with van der Waals surface area (Å²) in [5.74, 6) is -3.66. The van der Waals surface area contributed by atoms with Gasteiger partial charge in [-0.2, -0.15) is 26.3 Å². The zero-order chi connectivity index (χ0) is 33.9. The zero-order valence-electron chi connectivity index (χ0n) is 23.7. The van der Waals surface area contributed by atoms with Gasteiger partial charge in [0, 0.05) is 20.4 Å². The second-order valence-electron chi connectivity index (χ2n) is 10.3. The number of nitrogens with one attached hydrogen (secondary N) is 2. The first-order valence-electron chi connectivity index (χ1n) is 12.7. The van der Waals surface area contributed by atoms with E-state index in [1.54, 1.807) is 29.5 Å². The van der Waals surface area contributed by atoms with Crippen molar-refractivity contribution >= 4 is 55.9 Å². The molecule has 0 aliphatic carbocycles. The Kier molecular flexibility index (Phi) is 11.5. The van der Waals surface area contributed by atoms with Crippen LogP contribution in [0.4, 0.5) is 36.4 Å². The van der Waals surface area contributed by atoms with Gasteiger partial charge in [0.1, 0.15) is 0 Å². The highest BCUT2D eigenvalue weighted by Crippen LogP contribution is 2.53. The van der Waals surface area contributed by atoms with Crippen LogP contribution in [0.1, 0.15) is 59.0 Å². The average molecular weight is 768 g/mol. The van der Waals surface area contributed by atoms with Crippen LogP contribution in [-0.2, 0) is 25.0 Å². The number of anilines is 1. The molecule has 0 aromatic heterocycles. The molecular weight excluding hydrogens is 740 g/mol. The number of rotatable bonds is 11. The Balaban J connectivity index is 2.33. The summed E-state index contributed by atoms with van der Waals surface area (Å²) in [6.07, 6.45) is -13.0. The quantitative estimate of drug-likeness (QED) is 0.164. The second kappa shape index (κ2) is 13.6. The Morgan fingerprint density at radius 2 is 1.52 bits per heavy atom. The molecule has 2 rings (SSSR count). The van der Waals surface area contributed by atoms with Gasteiger partial charge in [-0.15, -0.1) is 0 Å². The minimum Gasteiger partial charge on any atom is -0.466 e. The lowest BCUT2D eigenvalue weighted by Crippen LogP contribution is -2.50. The number of benzene rings is 2. The van der Waals surface area contributed by atoms with Crippen molar-refractivity contribution in [3.05, 3.63) is 62.2 Å². The number of sulfone groups is 1. The number of aryl methyl sites for hydroxylation is 1. The number of carbonyl (C=O) groups excluding carboxylic acids is 3. The molecule has 2 N–H and O–H groups in total. The number of carbonyl (C=O) groups is 3. The minimum atomic E-state index is -6.32. The van der Waals surface area contributed by atoms with Gasteiger partial charge in [0.15, 0.2) is 9.84 Å². The number of hydrogen-bond donors (Lipinski definition) is 2. The van der Waals surface area contributed by atoms with E-state index in [1.165, 1.54) is 32.0 Å². The first-order valence-corrected chi connectivity index (χ1v) is 15.6. The van der Waals surface area contributed by atoms with E-state index in [2.05, 4.69) is 10.6 Å². The van der Waals surface area contributed by atoms with Gasteiger partial charge in [-0.05, 0) is 74.0 Å². The summed E-state index contributed by atoms with van der Waals surface area (Å²) in [4.78, 5) is 38.0. The van der Waals surface area contributed by atoms with E-state index in [0.717, 1.165) is 6.92 Å². The molecule has 17 heteroatoms. The smallest absolute Gasteiger partial charge is 0.435 e. The summed E-state index contributed by atoms with van der Waals surface area (Å²) >= 11 is 1.74. The molecule has 2 amide bonds. The molecule has 8 nitrogen and oxygen atoms in total. The third-order valence-corrected chi connectivity index (χ3v) is 8.98. The van der Waals surface area contributed by atoms with Gasteiger partial charge >= 0.3 is 24.0 Å². The van der Waals surface area contributed by atoms with Crippen molar-refractivity contribution in [2.75, 3.05) is 23.4 Å². The molecule has 44 heavy (non-hydrogen) atoms. The molecule has 2 aromatic carbocycles. The Bertz CT molecular complexity index is 1510. The van der Waals surface area contributed by atoms with Crippen molar-refractivity contribution < 1.29 is 58.3 Å². The van der Waals surface area contributed by atoms with E-state index >= 15 is 0 Å². The molecule has 0 heterocycles. The van der Waals surface area contributed by atoms with E-state index in [-0.39, 0.29) is 45.0 Å². The lowest BCUT2D eigenvalue weighted by atomic mass is 9.92. The van der Waals surface area contributed by atoms with Crippen LogP contribution in [0.15, 0.2) is 36.4 Å². The maximum Gasteiger partial charge on any atom is 0.435 e. The van der Waals surface area contributed by atoms with Crippen LogP contribution in [0, 0.1) is 10.5 Å². The SMILES string of the molecule is CCOC(=O)CCS(=O)(=O)CC(C)(C)NC(=O)c1c(I)cccc1C(=O)Nc1ccc(C(F)(C(F)(F)F)C(F)(F)F)cc1C. The highest BCUT2D eigenvalue weighted by Gasteiger charge is 2.73. The predicted octanol–water partition coefficient (Wildman–Crippen LogP) is 6.02. The van der Waals surface area contributed by atoms with Crippen LogP contribution in [0.25, 0.3) is 0 Å². The third-order valence-electron chi connectivity index (χ3n) is 6.09. The third kappa shape index (κ3) is 8.82. The number of esters is 1. The van der Waals surface area contributed by atoms with Crippen LogP contribution < -0.4 is 10.6 Å². The lowest BCUT2D eigenvalue weighted by Gasteiger charge is -2.30. The monoisotopic (exact) mass is 768 g/mol. The lowest BCUT2D eigenvalue weighted by molar-refractivity contribution is -0.348. The maximum atomic E-state index is 14.5. The summed E-state index contributed by atoms with van der Waals surface area (Å²) < 4.78 is 124. The summed E-state index contributed by atoms with van der Waals surface area (Å²) in [6, 6.07) is 5.31. The first-order chi connectivity index (χ1) is 20.0. The molecule has 2 aromatic rings. The zero-order valence-corrected chi connectivity index (χ0v) is 26.6. The van der Waals surface area contributed by atoms with Crippen LogP contribution in [0.2, 0.25) is 0 Å². The summed E-state index contributed by atoms with van der Waals surface area (Å²) in [7, 11) is -3.86. The summed E-state index contributed by atoms with van der Waals surface area (Å²) in [5, 5.41) is 4.83. The van der Waals surface area contributed by atoms with Crippen molar-refractivity contribution in [3.8, 4) is 0 Å². The predicted molar refractivity (Wildman–Crippen MR) is 155 cm³/mol. The number of halogens is 8. The molecule has 0 saturated carbocycles. The highest BCUT2D eigenvalue weighted by atomic mass is 127. The topological polar surface area (TPSA) is 119 Å². The fourth-order valence-electron chi connectivity index (χ4n) is 4.14. The molecule has 0 spiro atoms. The fourth-order valence-corrected chi connectivity index (χ4v) is 6.68. The molecule has 0 aliphatic rings. The van der Waals surface area contributed by atoms with Gasteiger partial charge in [-0.25, -0.2) is 12.8 Å². The molecule has 244 valence electrons. The Labute approximate surface area is 262 Å². The number of amides is 2. The number of alkyl halides is 7. The molecule has 0 unspecified atom stereocenters. The van der Waals surface area contributed by atoms with Gasteiger partial charge < -0.3 is 15.4 Å². The standard InChI is InChI=1S/C27H28F7IN2O6S/c1-5-43-20(38)11-12-44(41,42)14-24(3,4)37-23(40)21-17(7-6-8-18(21)35)22(39)36-19-10-9-16(13-15(19)2)25(28,26(29,30)31)27(32,33)34/h6-10,13H,5,11-12,14H2,1-4H3,(H,36,39)(H,37,40). The molecule has 0 aliphatic heterocycles. The van der Waals surface area contributed by atoms with Gasteiger partial charge in [0.25, 0.3) is 11.8 Å². The van der Waals surface area contributed by atoms with E-state index in [0.29, 0.717) is 12.1 Å². The van der Waals surface area contributed by atoms with Gasteiger partial charge in [0.2, 0.25) is 0 Å². The first kappa shape index (κ1) is 37.2. The Hall–Kier alpha value is -2.96. The molecule has 0 bridgehead atoms. The molecular formula is C27H28F7IN2O6S. The fraction of sp³-hybridized carbons (Fsp3) is 0.444. The van der Waals surface area contributed by atoms with Crippen molar-refractivity contribution in [1.29, 1.82) is 0 Å².